The van der Waals surface area contributed by atoms with E-state index in [-0.39, 0.29) is 12.5 Å². The summed E-state index contributed by atoms with van der Waals surface area (Å²) in [6.07, 6.45) is -0.748. The fraction of sp³-hybridized carbons (Fsp3) is 0.417. The average Bonchev–Trinajstić information content (AvgIpc) is 2.42. The number of nitrogens with one attached hydrogen (secondary N) is 1. The first kappa shape index (κ1) is 11.9. The van der Waals surface area contributed by atoms with Crippen molar-refractivity contribution in [1.29, 1.82) is 0 Å². The van der Waals surface area contributed by atoms with Gasteiger partial charge in [0.2, 0.25) is 5.91 Å². The van der Waals surface area contributed by atoms with Crippen LogP contribution >= 0.6 is 0 Å². The van der Waals surface area contributed by atoms with Crippen LogP contribution in [0.3, 0.4) is 0 Å². The maximum atomic E-state index is 12.1. The number of hydrogen-bond donors (Lipinski definition) is 2. The first-order chi connectivity index (χ1) is 8.09. The van der Waals surface area contributed by atoms with Gasteiger partial charge in [-0.2, -0.15) is 0 Å². The first-order valence-corrected chi connectivity index (χ1v) is 5.53. The minimum absolute atomic E-state index is 0.115. The Labute approximate surface area is 100.0 Å². The highest BCUT2D eigenvalue weighted by Gasteiger charge is 2.29. The Morgan fingerprint density at radius 2 is 2.24 bits per heavy atom. The van der Waals surface area contributed by atoms with E-state index < -0.39 is 12.3 Å². The molecule has 0 saturated carbocycles. The Bertz CT molecular complexity index is 420. The van der Waals surface area contributed by atoms with Gasteiger partial charge in [0.1, 0.15) is 24.6 Å². The highest BCUT2D eigenvalue weighted by molar-refractivity contribution is 5.98. The summed E-state index contributed by atoms with van der Waals surface area (Å²) in [5.41, 5.74) is 0.743. The van der Waals surface area contributed by atoms with Crippen LogP contribution in [-0.2, 0) is 4.79 Å². The van der Waals surface area contributed by atoms with E-state index >= 15 is 0 Å². The maximum absolute atomic E-state index is 12.1. The molecule has 0 aromatic heterocycles. The van der Waals surface area contributed by atoms with Crippen molar-refractivity contribution in [2.45, 2.75) is 19.2 Å². The Kier molecular flexibility index (Phi) is 3.31. The lowest BCUT2D eigenvalue weighted by molar-refractivity contribution is -0.121. The van der Waals surface area contributed by atoms with Crippen LogP contribution in [0.4, 0.5) is 5.69 Å². The van der Waals surface area contributed by atoms with Gasteiger partial charge in [-0.15, -0.1) is 0 Å². The molecule has 2 atom stereocenters. The Balaban J connectivity index is 2.26. The Morgan fingerprint density at radius 1 is 1.53 bits per heavy atom. The number of carbonyl (C=O) groups is 1. The van der Waals surface area contributed by atoms with Crippen LogP contribution < -0.4 is 15.0 Å². The van der Waals surface area contributed by atoms with E-state index in [1.165, 1.54) is 0 Å². The molecule has 17 heavy (non-hydrogen) atoms. The quantitative estimate of drug-likeness (QED) is 0.727. The van der Waals surface area contributed by atoms with E-state index in [2.05, 4.69) is 5.32 Å². The molecule has 0 saturated heterocycles. The third-order valence-electron chi connectivity index (χ3n) is 2.70. The van der Waals surface area contributed by atoms with E-state index in [0.29, 0.717) is 5.75 Å². The van der Waals surface area contributed by atoms with Gasteiger partial charge in [-0.05, 0) is 19.1 Å². The second-order valence-corrected chi connectivity index (χ2v) is 4.07. The topological polar surface area (TPSA) is 61.8 Å². The van der Waals surface area contributed by atoms with Gasteiger partial charge in [0.25, 0.3) is 0 Å². The highest BCUT2D eigenvalue weighted by Crippen LogP contribution is 2.29. The fourth-order valence-corrected chi connectivity index (χ4v) is 1.86. The third-order valence-corrected chi connectivity index (χ3v) is 2.70. The summed E-state index contributed by atoms with van der Waals surface area (Å²) < 4.78 is 5.57. The molecule has 92 valence electrons. The van der Waals surface area contributed by atoms with Crippen LogP contribution in [0.5, 0.6) is 5.75 Å². The summed E-state index contributed by atoms with van der Waals surface area (Å²) in [6, 6.07) is 6.84. The molecular weight excluding hydrogens is 220 g/mol. The largest absolute Gasteiger partial charge is 0.489 e. The van der Waals surface area contributed by atoms with Crippen LogP contribution in [0.15, 0.2) is 24.3 Å². The number of fused-ring (bicyclic) bond motifs is 1. The molecule has 1 aliphatic rings. The van der Waals surface area contributed by atoms with E-state index in [9.17, 15) is 9.90 Å². The predicted molar refractivity (Wildman–Crippen MR) is 64.0 cm³/mol. The lowest BCUT2D eigenvalue weighted by Crippen LogP contribution is -2.50. The number of hydrogen-bond acceptors (Lipinski definition) is 4. The Morgan fingerprint density at radius 3 is 2.94 bits per heavy atom. The van der Waals surface area contributed by atoms with E-state index in [1.54, 1.807) is 18.9 Å². The molecule has 1 heterocycles. The van der Waals surface area contributed by atoms with Crippen LogP contribution in [0.1, 0.15) is 6.92 Å². The van der Waals surface area contributed by atoms with Gasteiger partial charge in [-0.25, -0.2) is 0 Å². The van der Waals surface area contributed by atoms with Gasteiger partial charge in [0, 0.05) is 7.05 Å². The summed E-state index contributed by atoms with van der Waals surface area (Å²) in [7, 11) is 1.70. The van der Waals surface area contributed by atoms with Crippen molar-refractivity contribution >= 4 is 11.6 Å². The number of amides is 1. The summed E-state index contributed by atoms with van der Waals surface area (Å²) >= 11 is 0. The number of aliphatic hydroxyl groups is 1. The molecule has 1 unspecified atom stereocenters. The van der Waals surface area contributed by atoms with Gasteiger partial charge >= 0.3 is 0 Å². The normalized spacial score (nSPS) is 21.5. The predicted octanol–water partition coefficient (Wildman–Crippen LogP) is 0.338. The molecule has 2 rings (SSSR count). The number of anilines is 1. The first-order valence-electron chi connectivity index (χ1n) is 5.53. The maximum Gasteiger partial charge on any atom is 0.247 e. The standard InChI is InChI=1S/C12H16N2O3/c1-8(15)13-9-7-17-11-6-4-3-5-10(11)14(2)12(9)16/h3-6,8-9,13,15H,7H2,1-2H3/t8?,9-/m0/s1. The van der Waals surface area contributed by atoms with Crippen LogP contribution in [-0.4, -0.2) is 36.9 Å². The van der Waals surface area contributed by atoms with Gasteiger partial charge in [0.05, 0.1) is 5.69 Å². The molecule has 1 aromatic carbocycles. The van der Waals surface area contributed by atoms with Crippen molar-refractivity contribution in [3.63, 3.8) is 0 Å². The third kappa shape index (κ3) is 2.40. The van der Waals surface area contributed by atoms with Crippen molar-refractivity contribution in [2.24, 2.45) is 0 Å². The number of aliphatic hydroxyl groups excluding tert-OH is 1. The van der Waals surface area contributed by atoms with Crippen molar-refractivity contribution in [3.8, 4) is 5.75 Å². The van der Waals surface area contributed by atoms with Gasteiger partial charge in [-0.3, -0.25) is 10.1 Å². The summed E-state index contributed by atoms with van der Waals surface area (Å²) in [4.78, 5) is 13.7. The number of carbonyl (C=O) groups excluding carboxylic acids is 1. The summed E-state index contributed by atoms with van der Waals surface area (Å²) in [5, 5.41) is 12.1. The molecule has 0 radical (unpaired) electrons. The zero-order chi connectivity index (χ0) is 12.4. The number of ether oxygens (including phenoxy) is 1. The molecule has 1 aromatic rings. The minimum atomic E-state index is -0.748. The molecule has 0 bridgehead atoms. The fourth-order valence-electron chi connectivity index (χ4n) is 1.86. The smallest absolute Gasteiger partial charge is 0.247 e. The molecule has 0 spiro atoms. The Hall–Kier alpha value is -1.59. The minimum Gasteiger partial charge on any atom is -0.489 e. The second kappa shape index (κ2) is 4.73. The molecule has 2 N–H and O–H groups in total. The number of likely N-dealkylation sites (N-methyl/N-ethyl adjacent to an activating group) is 1. The molecule has 5 heteroatoms. The lowest BCUT2D eigenvalue weighted by Gasteiger charge is -2.21. The van der Waals surface area contributed by atoms with Crippen molar-refractivity contribution in [3.05, 3.63) is 24.3 Å². The number of rotatable bonds is 2. The van der Waals surface area contributed by atoms with Gasteiger partial charge in [0.15, 0.2) is 0 Å². The second-order valence-electron chi connectivity index (χ2n) is 4.07. The zero-order valence-electron chi connectivity index (χ0n) is 9.88. The number of nitrogens with zero attached hydrogens (tertiary/aromatic N) is 1. The summed E-state index contributed by atoms with van der Waals surface area (Å²) in [5.74, 6) is 0.564. The van der Waals surface area contributed by atoms with Crippen molar-refractivity contribution in [1.82, 2.24) is 5.32 Å². The van der Waals surface area contributed by atoms with Crippen LogP contribution in [0.25, 0.3) is 0 Å². The number of para-hydroxylation sites is 2. The SMILES string of the molecule is CC(O)N[C@H]1COc2ccccc2N(C)C1=O. The molecule has 5 nitrogen and oxygen atoms in total. The number of benzene rings is 1. The van der Waals surface area contributed by atoms with Crippen LogP contribution in [0.2, 0.25) is 0 Å². The van der Waals surface area contributed by atoms with Crippen molar-refractivity contribution < 1.29 is 14.6 Å². The van der Waals surface area contributed by atoms with Gasteiger partial charge < -0.3 is 14.7 Å². The lowest BCUT2D eigenvalue weighted by atomic mass is 10.2. The average molecular weight is 236 g/mol. The molecule has 0 fully saturated rings. The molecule has 1 amide bonds. The van der Waals surface area contributed by atoms with E-state index in [4.69, 9.17) is 4.74 Å². The van der Waals surface area contributed by atoms with Crippen LogP contribution in [0, 0.1) is 0 Å². The highest BCUT2D eigenvalue weighted by atomic mass is 16.5. The van der Waals surface area contributed by atoms with E-state index in [0.717, 1.165) is 5.69 Å². The molecule has 0 aliphatic carbocycles. The van der Waals surface area contributed by atoms with Crippen molar-refractivity contribution in [2.75, 3.05) is 18.6 Å². The zero-order valence-corrected chi connectivity index (χ0v) is 9.88. The van der Waals surface area contributed by atoms with E-state index in [1.807, 2.05) is 24.3 Å². The van der Waals surface area contributed by atoms with Gasteiger partial charge in [-0.1, -0.05) is 12.1 Å². The molecular formula is C12H16N2O3. The summed E-state index contributed by atoms with van der Waals surface area (Å²) in [6.45, 7) is 1.79. The monoisotopic (exact) mass is 236 g/mol. The molecule has 1 aliphatic heterocycles.